The van der Waals surface area contributed by atoms with Gasteiger partial charge in [0, 0.05) is 6.07 Å². The number of aryl methyl sites for hydroxylation is 1. The number of nitrogens with two attached hydrogens (primary N) is 1. The lowest BCUT2D eigenvalue weighted by molar-refractivity contribution is 0.428. The maximum atomic E-state index is 9.75. The van der Waals surface area contributed by atoms with Crippen molar-refractivity contribution in [3.63, 3.8) is 0 Å². The van der Waals surface area contributed by atoms with Gasteiger partial charge in [-0.25, -0.2) is 0 Å². The molecule has 0 radical (unpaired) electrons. The number of aromatic nitrogens is 1. The quantitative estimate of drug-likeness (QED) is 0.747. The highest BCUT2D eigenvalue weighted by atomic mass is 16.5. The first-order valence-electron chi connectivity index (χ1n) is 4.61. The molecule has 0 spiro atoms. The van der Waals surface area contributed by atoms with Gasteiger partial charge in [0.25, 0.3) is 0 Å². The van der Waals surface area contributed by atoms with E-state index in [2.05, 4.69) is 5.16 Å². The van der Waals surface area contributed by atoms with Gasteiger partial charge >= 0.3 is 0 Å². The van der Waals surface area contributed by atoms with Crippen molar-refractivity contribution < 1.29 is 9.63 Å². The molecular weight excluding hydrogens is 192 g/mol. The second-order valence-electron chi connectivity index (χ2n) is 3.52. The number of aromatic hydroxyl groups is 1. The first kappa shape index (κ1) is 9.58. The molecule has 4 nitrogen and oxygen atoms in total. The predicted octanol–water partition coefficient (Wildman–Crippen LogP) is 2.25. The van der Waals surface area contributed by atoms with Crippen LogP contribution in [-0.2, 0) is 0 Å². The Labute approximate surface area is 87.3 Å². The Kier molecular flexibility index (Phi) is 2.11. The lowest BCUT2D eigenvalue weighted by atomic mass is 10.0. The Morgan fingerprint density at radius 3 is 2.67 bits per heavy atom. The van der Waals surface area contributed by atoms with E-state index in [9.17, 15) is 5.11 Å². The molecule has 0 unspecified atom stereocenters. The number of rotatable bonds is 1. The molecular formula is C11H12N2O2. The van der Waals surface area contributed by atoms with E-state index in [0.717, 1.165) is 11.1 Å². The molecule has 0 amide bonds. The van der Waals surface area contributed by atoms with Crippen molar-refractivity contribution in [2.75, 3.05) is 5.73 Å². The van der Waals surface area contributed by atoms with E-state index in [-0.39, 0.29) is 5.75 Å². The summed E-state index contributed by atoms with van der Waals surface area (Å²) in [6, 6.07) is 5.09. The molecule has 1 aromatic carbocycles. The molecule has 0 aliphatic carbocycles. The fourth-order valence-electron chi connectivity index (χ4n) is 1.52. The van der Waals surface area contributed by atoms with Gasteiger partial charge in [-0.05, 0) is 31.0 Å². The standard InChI is InChI=1S/C11H12N2O2/c1-6-3-4-8(14)11(7(6)2)9-5-10(12)13-15-9/h3-5,14H,1-2H3,(H2,12,13). The minimum absolute atomic E-state index is 0.175. The Morgan fingerprint density at radius 1 is 1.33 bits per heavy atom. The average molecular weight is 204 g/mol. The smallest absolute Gasteiger partial charge is 0.173 e. The number of phenolic OH excluding ortho intramolecular Hbond substituents is 1. The minimum atomic E-state index is 0.175. The molecule has 0 fully saturated rings. The third-order valence-corrected chi connectivity index (χ3v) is 2.49. The van der Waals surface area contributed by atoms with Crippen LogP contribution in [0.1, 0.15) is 11.1 Å². The lowest BCUT2D eigenvalue weighted by Crippen LogP contribution is -1.86. The molecule has 0 bridgehead atoms. The molecule has 78 valence electrons. The summed E-state index contributed by atoms with van der Waals surface area (Å²) in [7, 11) is 0. The highest BCUT2D eigenvalue weighted by Gasteiger charge is 2.13. The maximum Gasteiger partial charge on any atom is 0.173 e. The molecule has 0 saturated carbocycles. The zero-order chi connectivity index (χ0) is 11.0. The summed E-state index contributed by atoms with van der Waals surface area (Å²) in [5.74, 6) is 0.978. The number of phenols is 1. The summed E-state index contributed by atoms with van der Waals surface area (Å²) >= 11 is 0. The SMILES string of the molecule is Cc1ccc(O)c(-c2cc(N)no2)c1C. The van der Waals surface area contributed by atoms with Crippen molar-refractivity contribution in [1.82, 2.24) is 5.16 Å². The number of anilines is 1. The van der Waals surface area contributed by atoms with Gasteiger partial charge in [-0.3, -0.25) is 0 Å². The van der Waals surface area contributed by atoms with Crippen LogP contribution in [0.2, 0.25) is 0 Å². The van der Waals surface area contributed by atoms with Crippen LogP contribution >= 0.6 is 0 Å². The third kappa shape index (κ3) is 1.54. The third-order valence-electron chi connectivity index (χ3n) is 2.49. The summed E-state index contributed by atoms with van der Waals surface area (Å²) in [4.78, 5) is 0. The fourth-order valence-corrected chi connectivity index (χ4v) is 1.52. The van der Waals surface area contributed by atoms with Crippen LogP contribution in [0.15, 0.2) is 22.7 Å². The Balaban J connectivity index is 2.66. The van der Waals surface area contributed by atoms with Crippen molar-refractivity contribution in [2.24, 2.45) is 0 Å². The molecule has 15 heavy (non-hydrogen) atoms. The van der Waals surface area contributed by atoms with Crippen LogP contribution in [0.5, 0.6) is 5.75 Å². The molecule has 3 N–H and O–H groups in total. The van der Waals surface area contributed by atoms with Gasteiger partial charge in [0.2, 0.25) is 0 Å². The van der Waals surface area contributed by atoms with E-state index < -0.39 is 0 Å². The zero-order valence-corrected chi connectivity index (χ0v) is 8.61. The van der Waals surface area contributed by atoms with E-state index in [0.29, 0.717) is 17.1 Å². The molecule has 0 aliphatic heterocycles. The van der Waals surface area contributed by atoms with Gasteiger partial charge in [-0.15, -0.1) is 0 Å². The summed E-state index contributed by atoms with van der Waals surface area (Å²) in [6.07, 6.45) is 0. The summed E-state index contributed by atoms with van der Waals surface area (Å²) in [5, 5.41) is 13.3. The van der Waals surface area contributed by atoms with Gasteiger partial charge < -0.3 is 15.4 Å². The molecule has 2 aromatic rings. The number of benzene rings is 1. The maximum absolute atomic E-state index is 9.75. The number of hydrogen-bond donors (Lipinski definition) is 2. The molecule has 4 heteroatoms. The Morgan fingerprint density at radius 2 is 2.07 bits per heavy atom. The summed E-state index contributed by atoms with van der Waals surface area (Å²) in [6.45, 7) is 3.89. The number of nitrogens with zero attached hydrogens (tertiary/aromatic N) is 1. The van der Waals surface area contributed by atoms with Crippen molar-refractivity contribution in [3.8, 4) is 17.1 Å². The summed E-state index contributed by atoms with van der Waals surface area (Å²) in [5.41, 5.74) is 8.16. The first-order valence-corrected chi connectivity index (χ1v) is 4.61. The Hall–Kier alpha value is -1.97. The van der Waals surface area contributed by atoms with Crippen LogP contribution in [0.25, 0.3) is 11.3 Å². The Bertz CT molecular complexity index is 503. The van der Waals surface area contributed by atoms with E-state index in [4.69, 9.17) is 10.3 Å². The van der Waals surface area contributed by atoms with Gasteiger partial charge in [0.1, 0.15) is 5.75 Å². The fraction of sp³-hybridized carbons (Fsp3) is 0.182. The van der Waals surface area contributed by atoms with Crippen molar-refractivity contribution in [1.29, 1.82) is 0 Å². The van der Waals surface area contributed by atoms with Crippen LogP contribution in [-0.4, -0.2) is 10.3 Å². The normalized spacial score (nSPS) is 10.5. The molecule has 0 saturated heterocycles. The van der Waals surface area contributed by atoms with Gasteiger partial charge in [0.15, 0.2) is 11.6 Å². The largest absolute Gasteiger partial charge is 0.507 e. The highest BCUT2D eigenvalue weighted by Crippen LogP contribution is 2.34. The van der Waals surface area contributed by atoms with Gasteiger partial charge in [-0.2, -0.15) is 0 Å². The predicted molar refractivity (Wildman–Crippen MR) is 57.5 cm³/mol. The molecule has 2 rings (SSSR count). The van der Waals surface area contributed by atoms with Crippen molar-refractivity contribution >= 4 is 5.82 Å². The number of hydrogen-bond acceptors (Lipinski definition) is 4. The van der Waals surface area contributed by atoms with Crippen molar-refractivity contribution in [3.05, 3.63) is 29.3 Å². The van der Waals surface area contributed by atoms with Gasteiger partial charge in [0.05, 0.1) is 5.56 Å². The molecule has 1 aromatic heterocycles. The van der Waals surface area contributed by atoms with Crippen LogP contribution in [0, 0.1) is 13.8 Å². The van der Waals surface area contributed by atoms with E-state index in [1.165, 1.54) is 0 Å². The average Bonchev–Trinajstić information content (AvgIpc) is 2.59. The molecule has 0 atom stereocenters. The van der Waals surface area contributed by atoms with Crippen LogP contribution in [0.4, 0.5) is 5.82 Å². The highest BCUT2D eigenvalue weighted by molar-refractivity contribution is 5.71. The van der Waals surface area contributed by atoms with Crippen LogP contribution < -0.4 is 5.73 Å². The van der Waals surface area contributed by atoms with Gasteiger partial charge in [-0.1, -0.05) is 11.2 Å². The molecule has 1 heterocycles. The minimum Gasteiger partial charge on any atom is -0.507 e. The first-order chi connectivity index (χ1) is 7.09. The van der Waals surface area contributed by atoms with E-state index >= 15 is 0 Å². The lowest BCUT2D eigenvalue weighted by Gasteiger charge is -2.07. The topological polar surface area (TPSA) is 72.3 Å². The summed E-state index contributed by atoms with van der Waals surface area (Å²) < 4.78 is 5.03. The second kappa shape index (κ2) is 3.31. The molecule has 0 aliphatic rings. The van der Waals surface area contributed by atoms with E-state index in [1.54, 1.807) is 12.1 Å². The zero-order valence-electron chi connectivity index (χ0n) is 8.61. The number of nitrogen functional groups attached to an aromatic ring is 1. The second-order valence-corrected chi connectivity index (χ2v) is 3.52. The monoisotopic (exact) mass is 204 g/mol. The van der Waals surface area contributed by atoms with E-state index in [1.807, 2.05) is 19.9 Å². The van der Waals surface area contributed by atoms with Crippen LogP contribution in [0.3, 0.4) is 0 Å². The van der Waals surface area contributed by atoms with Crippen molar-refractivity contribution in [2.45, 2.75) is 13.8 Å².